The van der Waals surface area contributed by atoms with Crippen molar-refractivity contribution in [1.82, 2.24) is 4.90 Å². The molecule has 1 aromatic rings. The van der Waals surface area contributed by atoms with Crippen molar-refractivity contribution < 1.29 is 33.0 Å². The van der Waals surface area contributed by atoms with E-state index in [0.717, 1.165) is 0 Å². The van der Waals surface area contributed by atoms with Crippen LogP contribution in [-0.2, 0) is 30.3 Å². The van der Waals surface area contributed by atoms with Gasteiger partial charge in [-0.25, -0.2) is 4.79 Å². The van der Waals surface area contributed by atoms with Crippen molar-refractivity contribution in [1.29, 1.82) is 0 Å². The molecular formula is C13H17NO7. The van der Waals surface area contributed by atoms with E-state index in [1.165, 1.54) is 32.3 Å². The van der Waals surface area contributed by atoms with E-state index in [-0.39, 0.29) is 25.4 Å². The topological polar surface area (TPSA) is 95.3 Å². The summed E-state index contributed by atoms with van der Waals surface area (Å²) in [4.78, 5) is 35.4. The second kappa shape index (κ2) is 8.05. The summed E-state index contributed by atoms with van der Waals surface area (Å²) in [5, 5.41) is 0. The molecule has 1 aromatic heterocycles. The Labute approximate surface area is 121 Å². The molecule has 0 saturated carbocycles. The van der Waals surface area contributed by atoms with Crippen LogP contribution in [0.25, 0.3) is 0 Å². The highest BCUT2D eigenvalue weighted by molar-refractivity contribution is 5.86. The Hall–Kier alpha value is -2.35. The van der Waals surface area contributed by atoms with Crippen molar-refractivity contribution in [2.45, 2.75) is 6.54 Å². The van der Waals surface area contributed by atoms with Crippen LogP contribution in [0.2, 0.25) is 0 Å². The van der Waals surface area contributed by atoms with Gasteiger partial charge in [0, 0.05) is 0 Å². The van der Waals surface area contributed by atoms with Crippen molar-refractivity contribution in [3.8, 4) is 0 Å². The normalized spacial score (nSPS) is 10.3. The number of nitrogens with zero attached hydrogens (tertiary/aromatic N) is 1. The van der Waals surface area contributed by atoms with Crippen LogP contribution in [0.15, 0.2) is 16.5 Å². The average molecular weight is 299 g/mol. The van der Waals surface area contributed by atoms with E-state index in [0.29, 0.717) is 5.76 Å². The monoisotopic (exact) mass is 299 g/mol. The summed E-state index contributed by atoms with van der Waals surface area (Å²) < 4.78 is 18.9. The van der Waals surface area contributed by atoms with E-state index >= 15 is 0 Å². The zero-order chi connectivity index (χ0) is 15.8. The van der Waals surface area contributed by atoms with Gasteiger partial charge in [0.1, 0.15) is 5.76 Å². The molecule has 0 amide bonds. The maximum Gasteiger partial charge on any atom is 0.373 e. The first-order valence-electron chi connectivity index (χ1n) is 6.03. The minimum atomic E-state index is -0.603. The largest absolute Gasteiger partial charge is 0.468 e. The molecule has 0 unspecified atom stereocenters. The lowest BCUT2D eigenvalue weighted by molar-refractivity contribution is -0.145. The SMILES string of the molecule is COC(=O)CN(CC(=O)OC)Cc1ccc(C(=O)OC)o1. The molecule has 0 aromatic carbocycles. The Bertz CT molecular complexity index is 490. The maximum absolute atomic E-state index is 11.3. The summed E-state index contributed by atoms with van der Waals surface area (Å²) in [5.74, 6) is -1.15. The maximum atomic E-state index is 11.3. The van der Waals surface area contributed by atoms with Crippen molar-refractivity contribution in [3.05, 3.63) is 23.7 Å². The molecule has 0 bridgehead atoms. The Balaban J connectivity index is 2.74. The number of carbonyl (C=O) groups excluding carboxylic acids is 3. The van der Waals surface area contributed by atoms with Crippen LogP contribution in [0.3, 0.4) is 0 Å². The third kappa shape index (κ3) is 5.27. The molecule has 0 aliphatic heterocycles. The van der Waals surface area contributed by atoms with Gasteiger partial charge in [-0.3, -0.25) is 14.5 Å². The molecule has 0 N–H and O–H groups in total. The Morgan fingerprint density at radius 2 is 1.57 bits per heavy atom. The number of rotatable bonds is 7. The van der Waals surface area contributed by atoms with Gasteiger partial charge in [-0.05, 0) is 12.1 Å². The molecule has 0 aliphatic rings. The Morgan fingerprint density at radius 3 is 2.05 bits per heavy atom. The van der Waals surface area contributed by atoms with Gasteiger partial charge in [0.2, 0.25) is 5.76 Å². The number of hydrogen-bond acceptors (Lipinski definition) is 8. The molecule has 1 heterocycles. The molecule has 1 rings (SSSR count). The van der Waals surface area contributed by atoms with Gasteiger partial charge in [0.05, 0.1) is 41.0 Å². The van der Waals surface area contributed by atoms with E-state index in [1.807, 2.05) is 0 Å². The summed E-state index contributed by atoms with van der Waals surface area (Å²) >= 11 is 0. The number of esters is 3. The zero-order valence-electron chi connectivity index (χ0n) is 12.1. The van der Waals surface area contributed by atoms with Crippen molar-refractivity contribution in [2.24, 2.45) is 0 Å². The van der Waals surface area contributed by atoms with Crippen LogP contribution in [0, 0.1) is 0 Å². The van der Waals surface area contributed by atoms with Crippen molar-refractivity contribution in [3.63, 3.8) is 0 Å². The highest BCUT2D eigenvalue weighted by Crippen LogP contribution is 2.12. The van der Waals surface area contributed by atoms with Gasteiger partial charge in [-0.15, -0.1) is 0 Å². The van der Waals surface area contributed by atoms with E-state index in [4.69, 9.17) is 4.42 Å². The second-order valence-electron chi connectivity index (χ2n) is 4.05. The number of hydrogen-bond donors (Lipinski definition) is 0. The molecule has 0 aliphatic carbocycles. The molecule has 21 heavy (non-hydrogen) atoms. The third-order valence-corrected chi connectivity index (χ3v) is 2.59. The lowest BCUT2D eigenvalue weighted by Crippen LogP contribution is -2.35. The molecule has 0 spiro atoms. The van der Waals surface area contributed by atoms with E-state index < -0.39 is 17.9 Å². The fourth-order valence-corrected chi connectivity index (χ4v) is 1.56. The van der Waals surface area contributed by atoms with Crippen molar-refractivity contribution in [2.75, 3.05) is 34.4 Å². The predicted molar refractivity (Wildman–Crippen MR) is 69.4 cm³/mol. The average Bonchev–Trinajstić information content (AvgIpc) is 2.94. The number of ether oxygens (including phenoxy) is 3. The van der Waals surface area contributed by atoms with Gasteiger partial charge >= 0.3 is 17.9 Å². The molecule has 8 heteroatoms. The number of methoxy groups -OCH3 is 3. The molecule has 0 radical (unpaired) electrons. The Kier molecular flexibility index (Phi) is 6.41. The van der Waals surface area contributed by atoms with Crippen LogP contribution in [0.1, 0.15) is 16.3 Å². The first kappa shape index (κ1) is 16.7. The van der Waals surface area contributed by atoms with Gasteiger partial charge in [-0.2, -0.15) is 0 Å². The molecule has 0 fully saturated rings. The van der Waals surface area contributed by atoms with Gasteiger partial charge in [0.15, 0.2) is 0 Å². The summed E-state index contributed by atoms with van der Waals surface area (Å²) in [6.07, 6.45) is 0. The Morgan fingerprint density at radius 1 is 1.00 bits per heavy atom. The minimum absolute atomic E-state index is 0.0450. The smallest absolute Gasteiger partial charge is 0.373 e. The number of carbonyl (C=O) groups is 3. The van der Waals surface area contributed by atoms with Crippen molar-refractivity contribution >= 4 is 17.9 Å². The lowest BCUT2D eigenvalue weighted by Gasteiger charge is -2.18. The molecule has 116 valence electrons. The van der Waals surface area contributed by atoms with Crippen LogP contribution >= 0.6 is 0 Å². The van der Waals surface area contributed by atoms with Crippen LogP contribution in [0.4, 0.5) is 0 Å². The predicted octanol–water partition coefficient (Wildman–Crippen LogP) is 0.214. The summed E-state index contributed by atoms with van der Waals surface area (Å²) in [6.45, 7) is -0.0824. The van der Waals surface area contributed by atoms with Crippen LogP contribution < -0.4 is 0 Å². The standard InChI is InChI=1S/C13H17NO7/c1-18-11(15)7-14(8-12(16)19-2)6-9-4-5-10(21-9)13(17)20-3/h4-5H,6-8H2,1-3H3. The number of furan rings is 1. The highest BCUT2D eigenvalue weighted by Gasteiger charge is 2.18. The zero-order valence-corrected chi connectivity index (χ0v) is 12.1. The first-order valence-corrected chi connectivity index (χ1v) is 6.03. The van der Waals surface area contributed by atoms with E-state index in [9.17, 15) is 14.4 Å². The lowest BCUT2D eigenvalue weighted by atomic mass is 10.3. The summed E-state index contributed by atoms with van der Waals surface area (Å²) in [7, 11) is 3.74. The van der Waals surface area contributed by atoms with E-state index in [2.05, 4.69) is 14.2 Å². The first-order chi connectivity index (χ1) is 9.99. The van der Waals surface area contributed by atoms with E-state index in [1.54, 1.807) is 6.07 Å². The van der Waals surface area contributed by atoms with Crippen LogP contribution in [0.5, 0.6) is 0 Å². The quantitative estimate of drug-likeness (QED) is 0.521. The summed E-state index contributed by atoms with van der Waals surface area (Å²) in [5.41, 5.74) is 0. The highest BCUT2D eigenvalue weighted by atomic mass is 16.5. The molecule has 0 saturated heterocycles. The fourth-order valence-electron chi connectivity index (χ4n) is 1.56. The third-order valence-electron chi connectivity index (χ3n) is 2.59. The second-order valence-corrected chi connectivity index (χ2v) is 4.05. The van der Waals surface area contributed by atoms with Crippen LogP contribution in [-0.4, -0.2) is 57.2 Å². The minimum Gasteiger partial charge on any atom is -0.468 e. The van der Waals surface area contributed by atoms with Gasteiger partial charge in [0.25, 0.3) is 0 Å². The van der Waals surface area contributed by atoms with Gasteiger partial charge < -0.3 is 18.6 Å². The fraction of sp³-hybridized carbons (Fsp3) is 0.462. The molecule has 8 nitrogen and oxygen atoms in total. The molecular weight excluding hydrogens is 282 g/mol. The molecule has 0 atom stereocenters. The van der Waals surface area contributed by atoms with Gasteiger partial charge in [-0.1, -0.05) is 0 Å². The summed E-state index contributed by atoms with van der Waals surface area (Å²) in [6, 6.07) is 3.02.